The maximum Gasteiger partial charge on any atom is 0.278 e. The van der Waals surface area contributed by atoms with Gasteiger partial charge in [-0.2, -0.15) is 5.10 Å². The summed E-state index contributed by atoms with van der Waals surface area (Å²) in [4.78, 5) is 47.3. The third-order valence-corrected chi connectivity index (χ3v) is 8.75. The molecule has 2 heterocycles. The van der Waals surface area contributed by atoms with Crippen molar-refractivity contribution < 1.29 is 23.9 Å². The van der Waals surface area contributed by atoms with Gasteiger partial charge in [0.05, 0.1) is 26.0 Å². The van der Waals surface area contributed by atoms with Crippen LogP contribution in [0.1, 0.15) is 62.5 Å². The molecule has 3 amide bonds. The minimum atomic E-state index is -0.343. The summed E-state index contributed by atoms with van der Waals surface area (Å²) >= 11 is 5.68. The second-order valence-corrected chi connectivity index (χ2v) is 12.9. The van der Waals surface area contributed by atoms with E-state index in [1.165, 1.54) is 4.90 Å². The number of benzene rings is 1. The van der Waals surface area contributed by atoms with E-state index in [0.717, 1.165) is 49.1 Å². The number of unbranched alkanes of at least 4 members (excludes halogenated alkanes) is 3. The van der Waals surface area contributed by atoms with Crippen LogP contribution < -0.4 is 15.5 Å². The maximum absolute atomic E-state index is 13.5. The first-order valence-corrected chi connectivity index (χ1v) is 17.7. The third kappa shape index (κ3) is 12.8. The molecule has 2 aliphatic rings. The summed E-state index contributed by atoms with van der Waals surface area (Å²) < 4.78 is 11.1. The molecule has 4 rings (SSSR count). The van der Waals surface area contributed by atoms with Gasteiger partial charge in [0.25, 0.3) is 5.91 Å². The third-order valence-electron chi connectivity index (χ3n) is 8.49. The van der Waals surface area contributed by atoms with E-state index < -0.39 is 0 Å². The lowest BCUT2D eigenvalue weighted by atomic mass is 9.85. The minimum Gasteiger partial charge on any atom is -0.379 e. The van der Waals surface area contributed by atoms with Crippen LogP contribution in [0.3, 0.4) is 0 Å². The van der Waals surface area contributed by atoms with Gasteiger partial charge < -0.3 is 25.0 Å². The Morgan fingerprint density at radius 3 is 2.41 bits per heavy atom. The van der Waals surface area contributed by atoms with Crippen LogP contribution in [-0.4, -0.2) is 104 Å². The number of nitrogens with one attached hydrogen (secondary N) is 3. The van der Waals surface area contributed by atoms with Crippen LogP contribution in [0.15, 0.2) is 53.4 Å². The van der Waals surface area contributed by atoms with E-state index >= 15 is 0 Å². The topological polar surface area (TPSA) is 141 Å². The van der Waals surface area contributed by atoms with Gasteiger partial charge in [0.15, 0.2) is 0 Å². The lowest BCUT2D eigenvalue weighted by Crippen LogP contribution is -2.46. The molecule has 1 aromatic carbocycles. The number of amides is 3. The predicted molar refractivity (Wildman–Crippen MR) is 193 cm³/mol. The summed E-state index contributed by atoms with van der Waals surface area (Å²) in [5, 5.41) is 12.7. The molecular weight excluding hydrogens is 646 g/mol. The highest BCUT2D eigenvalue weighted by Crippen LogP contribution is 2.25. The number of nitrogens with zero attached hydrogens (tertiary/aromatic N) is 4. The number of amidine groups is 1. The fourth-order valence-corrected chi connectivity index (χ4v) is 5.87. The van der Waals surface area contributed by atoms with Gasteiger partial charge in [0.1, 0.15) is 18.1 Å². The zero-order valence-electron chi connectivity index (χ0n) is 28.7. The molecule has 1 aliphatic heterocycles. The van der Waals surface area contributed by atoms with E-state index in [9.17, 15) is 14.4 Å². The van der Waals surface area contributed by atoms with Crippen molar-refractivity contribution in [1.29, 1.82) is 0 Å². The molecule has 1 aromatic heterocycles. The predicted octanol–water partition coefficient (Wildman–Crippen LogP) is 4.39. The smallest absolute Gasteiger partial charge is 0.278 e. The van der Waals surface area contributed by atoms with Gasteiger partial charge in [-0.3, -0.25) is 24.4 Å². The summed E-state index contributed by atoms with van der Waals surface area (Å²) in [6.07, 6.45) is 15.7. The van der Waals surface area contributed by atoms with Crippen molar-refractivity contribution in [2.75, 3.05) is 64.4 Å². The van der Waals surface area contributed by atoms with Gasteiger partial charge in [-0.05, 0) is 74.4 Å². The number of aliphatic imine (C=N–C) groups is 1. The molecule has 49 heavy (non-hydrogen) atoms. The van der Waals surface area contributed by atoms with Crippen molar-refractivity contribution in [3.8, 4) is 0 Å². The van der Waals surface area contributed by atoms with E-state index in [-0.39, 0.29) is 41.9 Å². The summed E-state index contributed by atoms with van der Waals surface area (Å²) in [5.74, 6) is 0.404. The average Bonchev–Trinajstić information content (AvgIpc) is 3.72. The van der Waals surface area contributed by atoms with Crippen molar-refractivity contribution in [3.63, 3.8) is 0 Å². The van der Waals surface area contributed by atoms with E-state index in [1.54, 1.807) is 30.6 Å². The quantitative estimate of drug-likeness (QED) is 0.106. The average molecular weight is 696 g/mol. The number of aromatic amines is 1. The number of anilines is 1. The molecule has 0 radical (unpaired) electrons. The summed E-state index contributed by atoms with van der Waals surface area (Å²) in [6.45, 7) is 2.51. The molecule has 0 bridgehead atoms. The number of aromatic nitrogens is 2. The molecule has 0 spiro atoms. The van der Waals surface area contributed by atoms with Gasteiger partial charge in [0.2, 0.25) is 11.8 Å². The normalized spacial score (nSPS) is 18.7. The van der Waals surface area contributed by atoms with Crippen LogP contribution in [0.5, 0.6) is 0 Å². The highest BCUT2D eigenvalue weighted by molar-refractivity contribution is 6.19. The highest BCUT2D eigenvalue weighted by Gasteiger charge is 2.32. The van der Waals surface area contributed by atoms with Crippen LogP contribution in [0.25, 0.3) is 12.2 Å². The lowest BCUT2D eigenvalue weighted by molar-refractivity contribution is -0.129. The number of alkyl halides is 1. The number of halogens is 1. The molecule has 3 N–H and O–H groups in total. The Kier molecular flexibility index (Phi) is 15.8. The second kappa shape index (κ2) is 20.5. The number of carbonyl (C=O) groups excluding carboxylic acids is 3. The zero-order chi connectivity index (χ0) is 34.8. The molecule has 1 aliphatic carbocycles. The monoisotopic (exact) mass is 695 g/mol. The van der Waals surface area contributed by atoms with Crippen molar-refractivity contribution in [2.45, 2.75) is 57.4 Å². The first-order valence-electron chi connectivity index (χ1n) is 17.2. The van der Waals surface area contributed by atoms with Gasteiger partial charge in [0, 0.05) is 62.5 Å². The van der Waals surface area contributed by atoms with E-state index in [4.69, 9.17) is 21.1 Å². The maximum atomic E-state index is 13.5. The molecule has 2 aromatic rings. The largest absolute Gasteiger partial charge is 0.379 e. The summed E-state index contributed by atoms with van der Waals surface area (Å²) in [6, 6.07) is 7.74. The fourth-order valence-electron chi connectivity index (χ4n) is 5.68. The van der Waals surface area contributed by atoms with Crippen LogP contribution in [-0.2, 0) is 23.9 Å². The second-order valence-electron chi connectivity index (χ2n) is 12.5. The molecule has 266 valence electrons. The van der Waals surface area contributed by atoms with Crippen molar-refractivity contribution in [2.24, 2.45) is 10.9 Å². The highest BCUT2D eigenvalue weighted by atomic mass is 35.5. The van der Waals surface area contributed by atoms with Crippen molar-refractivity contribution in [1.82, 2.24) is 25.7 Å². The van der Waals surface area contributed by atoms with Gasteiger partial charge in [-0.25, -0.2) is 4.99 Å². The Hall–Kier alpha value is -4.00. The molecule has 0 unspecified atom stereocenters. The number of hydrogen-bond acceptors (Lipinski definition) is 8. The number of ether oxygens (including phenoxy) is 2. The zero-order valence-corrected chi connectivity index (χ0v) is 29.4. The molecule has 1 fully saturated rings. The Bertz CT molecular complexity index is 1420. The van der Waals surface area contributed by atoms with E-state index in [2.05, 4.69) is 25.8 Å². The van der Waals surface area contributed by atoms with Gasteiger partial charge in [-0.15, -0.1) is 11.6 Å². The summed E-state index contributed by atoms with van der Waals surface area (Å²) in [7, 11) is 3.93. The van der Waals surface area contributed by atoms with Crippen LogP contribution in [0.4, 0.5) is 5.69 Å². The Balaban J connectivity index is 1.19. The number of hydrogen-bond donors (Lipinski definition) is 3. The number of H-pyrrole nitrogens is 1. The van der Waals surface area contributed by atoms with E-state index in [0.29, 0.717) is 63.8 Å². The Labute approximate surface area is 294 Å². The Morgan fingerprint density at radius 2 is 1.71 bits per heavy atom. The Morgan fingerprint density at radius 1 is 0.980 bits per heavy atom. The van der Waals surface area contributed by atoms with Gasteiger partial charge in [-0.1, -0.05) is 25.0 Å². The van der Waals surface area contributed by atoms with Crippen molar-refractivity contribution >= 4 is 53.0 Å². The molecule has 13 heteroatoms. The standard InChI is InChI=1S/C36H50ClN7O5/c1-43(2)31-14-7-27(8-15-31)23-32-36(47)44(33(42-32)16-9-28-24-39-40-25-28)26-34(45)41-30-12-10-29(11-13-30)35(46)38-18-20-49-22-21-48-19-6-4-3-5-17-37/h7-9,14-16,23-25,29-30H,3-6,10-13,17-22,26H2,1-2H3,(H,38,46)(H,39,40)(H,41,45)/b16-9+,32-23+. The lowest BCUT2D eigenvalue weighted by Gasteiger charge is -2.29. The molecule has 12 nitrogen and oxygen atoms in total. The minimum absolute atomic E-state index is 0.0187. The number of rotatable bonds is 20. The molecule has 0 atom stereocenters. The first-order chi connectivity index (χ1) is 23.8. The van der Waals surface area contributed by atoms with Gasteiger partial charge >= 0.3 is 0 Å². The molecule has 1 saturated carbocycles. The SMILES string of the molecule is CN(C)c1ccc(/C=C2N=C(/C=C/c3cn[nH]c3)N(CC(=O)NC3CCC(C(=O)NCCOCCOCCCCCCCl)CC3)C/2=O)cc1. The van der Waals surface area contributed by atoms with Crippen LogP contribution in [0, 0.1) is 5.92 Å². The van der Waals surface area contributed by atoms with Crippen LogP contribution >= 0.6 is 11.6 Å². The molecule has 0 saturated heterocycles. The first kappa shape index (κ1) is 37.8. The van der Waals surface area contributed by atoms with Crippen LogP contribution in [0.2, 0.25) is 0 Å². The van der Waals surface area contributed by atoms with E-state index in [1.807, 2.05) is 43.3 Å². The van der Waals surface area contributed by atoms with Crippen molar-refractivity contribution in [3.05, 3.63) is 59.6 Å². The molecular formula is C36H50ClN7O5. The summed E-state index contributed by atoms with van der Waals surface area (Å²) in [5.41, 5.74) is 2.95. The fraction of sp³-hybridized carbons (Fsp3) is 0.528. The number of carbonyl (C=O) groups is 3.